The van der Waals surface area contributed by atoms with Crippen molar-refractivity contribution in [3.8, 4) is 0 Å². The predicted molar refractivity (Wildman–Crippen MR) is 89.2 cm³/mol. The molecule has 0 amide bonds. The van der Waals surface area contributed by atoms with Crippen molar-refractivity contribution in [1.82, 2.24) is 10.2 Å². The summed E-state index contributed by atoms with van der Waals surface area (Å²) >= 11 is 0. The van der Waals surface area contributed by atoms with Crippen molar-refractivity contribution in [2.75, 3.05) is 26.2 Å². The second-order valence-corrected chi connectivity index (χ2v) is 5.27. The summed E-state index contributed by atoms with van der Waals surface area (Å²) in [7, 11) is 0. The third kappa shape index (κ3) is 4.66. The van der Waals surface area contributed by atoms with E-state index in [1.54, 1.807) is 0 Å². The van der Waals surface area contributed by atoms with Gasteiger partial charge in [-0.1, -0.05) is 27.2 Å². The number of aryl methyl sites for hydroxylation is 1. The van der Waals surface area contributed by atoms with E-state index in [9.17, 15) is 0 Å². The largest absolute Gasteiger partial charge is 0.464 e. The lowest BCUT2D eigenvalue weighted by molar-refractivity contribution is 0.109. The highest BCUT2D eigenvalue weighted by Crippen LogP contribution is 2.32. The van der Waals surface area contributed by atoms with Crippen LogP contribution in [0.1, 0.15) is 44.8 Å². The molecular weight excluding hydrogens is 295 g/mol. The summed E-state index contributed by atoms with van der Waals surface area (Å²) in [5.74, 6) is 2.90. The fraction of sp³-hybridized carbons (Fsp3) is 0.733. The van der Waals surface area contributed by atoms with Crippen molar-refractivity contribution < 1.29 is 4.42 Å². The lowest BCUT2D eigenvalue weighted by Crippen LogP contribution is -2.46. The van der Waals surface area contributed by atoms with Crippen LogP contribution in [0.15, 0.2) is 16.5 Å². The number of rotatable bonds is 5. The molecule has 2 atom stereocenters. The molecule has 2 heterocycles. The predicted octanol–water partition coefficient (Wildman–Crippen LogP) is 3.68. The highest BCUT2D eigenvalue weighted by Gasteiger charge is 2.28. The Morgan fingerprint density at radius 2 is 1.85 bits per heavy atom. The van der Waals surface area contributed by atoms with Crippen LogP contribution in [0.25, 0.3) is 0 Å². The van der Waals surface area contributed by atoms with Gasteiger partial charge >= 0.3 is 0 Å². The van der Waals surface area contributed by atoms with Gasteiger partial charge in [0.2, 0.25) is 0 Å². The third-order valence-corrected chi connectivity index (χ3v) is 4.05. The molecule has 1 N–H and O–H groups in total. The van der Waals surface area contributed by atoms with Gasteiger partial charge in [0.25, 0.3) is 0 Å². The Hall–Kier alpha value is -0.220. The standard InChI is InChI=1S/C15H26N2O.2ClH/c1-4-12(3)15(17-10-8-16-9-11-17)14-7-6-13(5-2)18-14;;/h6-7,12,15-16H,4-5,8-11H2,1-3H3;2*1H/t12?,15-;;/m1../s1. The van der Waals surface area contributed by atoms with Gasteiger partial charge in [-0.15, -0.1) is 24.8 Å². The second-order valence-electron chi connectivity index (χ2n) is 5.27. The minimum atomic E-state index is 0. The van der Waals surface area contributed by atoms with Crippen LogP contribution in [0, 0.1) is 5.92 Å². The number of furan rings is 1. The zero-order chi connectivity index (χ0) is 13.0. The summed E-state index contributed by atoms with van der Waals surface area (Å²) in [5.41, 5.74) is 0. The number of nitrogens with zero attached hydrogens (tertiary/aromatic N) is 1. The minimum absolute atomic E-state index is 0. The van der Waals surface area contributed by atoms with E-state index in [0.29, 0.717) is 12.0 Å². The van der Waals surface area contributed by atoms with E-state index in [2.05, 4.69) is 43.1 Å². The van der Waals surface area contributed by atoms with Gasteiger partial charge in [-0.2, -0.15) is 0 Å². The molecule has 0 saturated carbocycles. The number of hydrogen-bond donors (Lipinski definition) is 1. The zero-order valence-corrected chi connectivity index (χ0v) is 14.4. The molecule has 1 unspecified atom stereocenters. The van der Waals surface area contributed by atoms with Gasteiger partial charge in [-0.25, -0.2) is 0 Å². The van der Waals surface area contributed by atoms with E-state index in [1.807, 2.05) is 0 Å². The Balaban J connectivity index is 0.00000180. The maximum Gasteiger partial charge on any atom is 0.121 e. The quantitative estimate of drug-likeness (QED) is 0.896. The highest BCUT2D eigenvalue weighted by atomic mass is 35.5. The highest BCUT2D eigenvalue weighted by molar-refractivity contribution is 5.85. The number of halogens is 2. The normalized spacial score (nSPS) is 18.8. The van der Waals surface area contributed by atoms with Crippen molar-refractivity contribution in [2.45, 2.75) is 39.7 Å². The molecule has 1 fully saturated rings. The van der Waals surface area contributed by atoms with Crippen molar-refractivity contribution in [3.05, 3.63) is 23.7 Å². The first-order valence-corrected chi connectivity index (χ1v) is 7.29. The third-order valence-electron chi connectivity index (χ3n) is 4.05. The van der Waals surface area contributed by atoms with Crippen LogP contribution >= 0.6 is 24.8 Å². The van der Waals surface area contributed by atoms with E-state index >= 15 is 0 Å². The summed E-state index contributed by atoms with van der Waals surface area (Å²) in [6.07, 6.45) is 2.17. The first-order valence-electron chi connectivity index (χ1n) is 7.29. The molecule has 1 aromatic rings. The summed E-state index contributed by atoms with van der Waals surface area (Å²) in [5, 5.41) is 3.42. The minimum Gasteiger partial charge on any atom is -0.464 e. The van der Waals surface area contributed by atoms with Crippen LogP contribution in [0.3, 0.4) is 0 Å². The lowest BCUT2D eigenvalue weighted by atomic mass is 9.95. The molecule has 1 aliphatic rings. The molecule has 3 nitrogen and oxygen atoms in total. The molecule has 118 valence electrons. The Labute approximate surface area is 135 Å². The summed E-state index contributed by atoms with van der Waals surface area (Å²) in [6.45, 7) is 11.2. The van der Waals surface area contributed by atoms with Crippen molar-refractivity contribution in [3.63, 3.8) is 0 Å². The van der Waals surface area contributed by atoms with Crippen molar-refractivity contribution in [2.24, 2.45) is 5.92 Å². The maximum atomic E-state index is 6.01. The molecule has 20 heavy (non-hydrogen) atoms. The van der Waals surface area contributed by atoms with Crippen LogP contribution in [0.2, 0.25) is 0 Å². The van der Waals surface area contributed by atoms with Crippen LogP contribution < -0.4 is 5.32 Å². The number of piperazine rings is 1. The van der Waals surface area contributed by atoms with Gasteiger partial charge in [0.15, 0.2) is 0 Å². The van der Waals surface area contributed by atoms with Crippen LogP contribution in [-0.2, 0) is 6.42 Å². The second kappa shape index (κ2) is 9.67. The number of hydrogen-bond acceptors (Lipinski definition) is 3. The van der Waals surface area contributed by atoms with Crippen LogP contribution in [-0.4, -0.2) is 31.1 Å². The molecule has 5 heteroatoms. The molecule has 1 aromatic heterocycles. The molecule has 0 bridgehead atoms. The van der Waals surface area contributed by atoms with E-state index in [-0.39, 0.29) is 24.8 Å². The van der Waals surface area contributed by atoms with E-state index in [1.165, 1.54) is 6.42 Å². The van der Waals surface area contributed by atoms with Gasteiger partial charge in [0, 0.05) is 32.6 Å². The van der Waals surface area contributed by atoms with Gasteiger partial charge in [0.1, 0.15) is 11.5 Å². The van der Waals surface area contributed by atoms with Crippen LogP contribution in [0.4, 0.5) is 0 Å². The molecule has 0 aliphatic carbocycles. The SMILES string of the molecule is CCc1ccc([C@@H](C(C)CC)N2CCNCC2)o1.Cl.Cl. The van der Waals surface area contributed by atoms with Gasteiger partial charge in [0.05, 0.1) is 6.04 Å². The Morgan fingerprint density at radius 3 is 2.35 bits per heavy atom. The molecule has 0 aromatic carbocycles. The fourth-order valence-electron chi connectivity index (χ4n) is 2.75. The summed E-state index contributed by atoms with van der Waals surface area (Å²) < 4.78 is 6.01. The molecule has 0 spiro atoms. The fourth-order valence-corrected chi connectivity index (χ4v) is 2.75. The van der Waals surface area contributed by atoms with Gasteiger partial charge < -0.3 is 9.73 Å². The smallest absolute Gasteiger partial charge is 0.121 e. The molecular formula is C15H28Cl2N2O. The monoisotopic (exact) mass is 322 g/mol. The first kappa shape index (κ1) is 19.8. The van der Waals surface area contributed by atoms with E-state index < -0.39 is 0 Å². The van der Waals surface area contributed by atoms with Gasteiger partial charge in [-0.05, 0) is 18.1 Å². The van der Waals surface area contributed by atoms with Crippen molar-refractivity contribution >= 4 is 24.8 Å². The number of nitrogens with one attached hydrogen (secondary N) is 1. The van der Waals surface area contributed by atoms with E-state index in [4.69, 9.17) is 4.42 Å². The zero-order valence-electron chi connectivity index (χ0n) is 12.7. The average molecular weight is 323 g/mol. The molecule has 0 radical (unpaired) electrons. The lowest BCUT2D eigenvalue weighted by Gasteiger charge is -2.36. The summed E-state index contributed by atoms with van der Waals surface area (Å²) in [4.78, 5) is 2.57. The molecule has 1 aliphatic heterocycles. The van der Waals surface area contributed by atoms with E-state index in [0.717, 1.165) is 44.1 Å². The van der Waals surface area contributed by atoms with Crippen molar-refractivity contribution in [1.29, 1.82) is 0 Å². The summed E-state index contributed by atoms with van der Waals surface area (Å²) in [6, 6.07) is 4.75. The van der Waals surface area contributed by atoms with Crippen LogP contribution in [0.5, 0.6) is 0 Å². The Morgan fingerprint density at radius 1 is 1.20 bits per heavy atom. The first-order chi connectivity index (χ1) is 8.76. The Bertz CT molecular complexity index is 365. The Kier molecular flexibility index (Phi) is 9.56. The maximum absolute atomic E-state index is 6.01. The molecule has 1 saturated heterocycles. The van der Waals surface area contributed by atoms with Gasteiger partial charge in [-0.3, -0.25) is 4.90 Å². The average Bonchev–Trinajstić information content (AvgIpc) is 2.88. The topological polar surface area (TPSA) is 28.4 Å². The molecule has 2 rings (SSSR count).